The predicted molar refractivity (Wildman–Crippen MR) is 83.8 cm³/mol. The summed E-state index contributed by atoms with van der Waals surface area (Å²) in [6, 6.07) is 8.78. The van der Waals surface area contributed by atoms with Gasteiger partial charge in [0.1, 0.15) is 0 Å². The Kier molecular flexibility index (Phi) is 5.77. The minimum Gasteiger partial charge on any atom is -0.392 e. The second-order valence-corrected chi connectivity index (χ2v) is 7.17. The molecule has 2 heteroatoms. The number of hydrogen-bond donors (Lipinski definition) is 1. The van der Waals surface area contributed by atoms with Crippen LogP contribution >= 0.6 is 11.8 Å². The first-order chi connectivity index (χ1) is 9.15. The first-order valence-electron chi connectivity index (χ1n) is 7.56. The lowest BCUT2D eigenvalue weighted by Crippen LogP contribution is -2.14. The van der Waals surface area contributed by atoms with Crippen LogP contribution in [0.2, 0.25) is 0 Å². The van der Waals surface area contributed by atoms with E-state index in [0.717, 1.165) is 18.1 Å². The fourth-order valence-electron chi connectivity index (χ4n) is 2.84. The summed E-state index contributed by atoms with van der Waals surface area (Å²) in [5, 5.41) is 10.1. The van der Waals surface area contributed by atoms with Gasteiger partial charge in [0.2, 0.25) is 0 Å². The molecule has 1 nitrogen and oxygen atoms in total. The van der Waals surface area contributed by atoms with E-state index in [9.17, 15) is 5.11 Å². The molecule has 0 aliphatic heterocycles. The largest absolute Gasteiger partial charge is 0.392 e. The van der Waals surface area contributed by atoms with Crippen molar-refractivity contribution in [1.82, 2.24) is 0 Å². The summed E-state index contributed by atoms with van der Waals surface area (Å²) in [4.78, 5) is 1.27. The van der Waals surface area contributed by atoms with Crippen LogP contribution in [0.5, 0.6) is 0 Å². The molecule has 19 heavy (non-hydrogen) atoms. The summed E-state index contributed by atoms with van der Waals surface area (Å²) in [6.07, 6.45) is 6.23. The third-order valence-corrected chi connectivity index (χ3v) is 5.23. The van der Waals surface area contributed by atoms with Gasteiger partial charge in [-0.25, -0.2) is 0 Å². The number of rotatable bonds is 6. The standard InChI is InChI=1S/C17H26OS/c1-13(2)15-7-9-17(10-8-15)19-12-16(18)11-14-5-3-4-6-14/h7-10,13-14,16,18H,3-6,11-12H2,1-2H3. The highest BCUT2D eigenvalue weighted by atomic mass is 32.2. The summed E-state index contributed by atoms with van der Waals surface area (Å²) in [5.41, 5.74) is 1.39. The molecule has 1 aromatic rings. The van der Waals surface area contributed by atoms with E-state index < -0.39 is 0 Å². The molecule has 1 aliphatic carbocycles. The molecule has 0 saturated heterocycles. The molecule has 1 aromatic carbocycles. The van der Waals surface area contributed by atoms with E-state index in [-0.39, 0.29) is 6.10 Å². The summed E-state index contributed by atoms with van der Waals surface area (Å²) in [5.74, 6) is 2.20. The van der Waals surface area contributed by atoms with Crippen LogP contribution in [-0.4, -0.2) is 17.0 Å². The molecule has 2 rings (SSSR count). The zero-order valence-corrected chi connectivity index (χ0v) is 13.0. The molecule has 1 unspecified atom stereocenters. The van der Waals surface area contributed by atoms with Crippen molar-refractivity contribution in [2.24, 2.45) is 5.92 Å². The van der Waals surface area contributed by atoms with Gasteiger partial charge in [0.05, 0.1) is 6.10 Å². The Morgan fingerprint density at radius 1 is 1.16 bits per heavy atom. The van der Waals surface area contributed by atoms with Gasteiger partial charge in [-0.05, 0) is 36.0 Å². The molecule has 106 valence electrons. The second-order valence-electron chi connectivity index (χ2n) is 6.07. The first-order valence-corrected chi connectivity index (χ1v) is 8.54. The zero-order valence-electron chi connectivity index (χ0n) is 12.1. The lowest BCUT2D eigenvalue weighted by molar-refractivity contribution is 0.166. The van der Waals surface area contributed by atoms with E-state index in [1.807, 2.05) is 0 Å². The van der Waals surface area contributed by atoms with E-state index >= 15 is 0 Å². The summed E-state index contributed by atoms with van der Waals surface area (Å²) < 4.78 is 0. The average molecular weight is 278 g/mol. The van der Waals surface area contributed by atoms with E-state index in [2.05, 4.69) is 38.1 Å². The van der Waals surface area contributed by atoms with Gasteiger partial charge in [0.15, 0.2) is 0 Å². The summed E-state index contributed by atoms with van der Waals surface area (Å²) in [6.45, 7) is 4.43. The van der Waals surface area contributed by atoms with Crippen LogP contribution < -0.4 is 0 Å². The molecular weight excluding hydrogens is 252 g/mol. The molecule has 1 aliphatic rings. The van der Waals surface area contributed by atoms with E-state index in [1.165, 1.54) is 36.1 Å². The average Bonchev–Trinajstić information content (AvgIpc) is 2.89. The molecule has 0 aromatic heterocycles. The Balaban J connectivity index is 1.74. The number of aliphatic hydroxyl groups is 1. The van der Waals surface area contributed by atoms with Gasteiger partial charge < -0.3 is 5.11 Å². The summed E-state index contributed by atoms with van der Waals surface area (Å²) in [7, 11) is 0. The number of aliphatic hydroxyl groups excluding tert-OH is 1. The quantitative estimate of drug-likeness (QED) is 0.751. The Morgan fingerprint density at radius 3 is 2.37 bits per heavy atom. The van der Waals surface area contributed by atoms with Crippen molar-refractivity contribution in [2.75, 3.05) is 5.75 Å². The van der Waals surface area contributed by atoms with Gasteiger partial charge in [-0.15, -0.1) is 11.8 Å². The maximum Gasteiger partial charge on any atom is 0.0636 e. The van der Waals surface area contributed by atoms with Crippen LogP contribution in [0.4, 0.5) is 0 Å². The highest BCUT2D eigenvalue weighted by Gasteiger charge is 2.18. The van der Waals surface area contributed by atoms with Crippen molar-refractivity contribution in [3.05, 3.63) is 29.8 Å². The van der Waals surface area contributed by atoms with Crippen LogP contribution in [0.3, 0.4) is 0 Å². The normalized spacial score (nSPS) is 18.1. The zero-order chi connectivity index (χ0) is 13.7. The van der Waals surface area contributed by atoms with Crippen molar-refractivity contribution < 1.29 is 5.11 Å². The summed E-state index contributed by atoms with van der Waals surface area (Å²) >= 11 is 1.78. The smallest absolute Gasteiger partial charge is 0.0636 e. The van der Waals surface area contributed by atoms with Crippen LogP contribution in [0.15, 0.2) is 29.2 Å². The van der Waals surface area contributed by atoms with Crippen molar-refractivity contribution in [1.29, 1.82) is 0 Å². The Morgan fingerprint density at radius 2 is 1.79 bits per heavy atom. The molecule has 1 saturated carbocycles. The Hall–Kier alpha value is -0.470. The maximum atomic E-state index is 10.1. The second kappa shape index (κ2) is 7.35. The number of benzene rings is 1. The van der Waals surface area contributed by atoms with Crippen molar-refractivity contribution >= 4 is 11.8 Å². The SMILES string of the molecule is CC(C)c1ccc(SCC(O)CC2CCCC2)cc1. The van der Waals surface area contributed by atoms with Gasteiger partial charge in [-0.3, -0.25) is 0 Å². The highest BCUT2D eigenvalue weighted by molar-refractivity contribution is 7.99. The molecule has 0 radical (unpaired) electrons. The molecule has 0 amide bonds. The molecule has 1 fully saturated rings. The molecule has 1 atom stereocenters. The number of hydrogen-bond acceptors (Lipinski definition) is 2. The molecule has 0 heterocycles. The third-order valence-electron chi connectivity index (χ3n) is 4.07. The first kappa shape index (κ1) is 14.9. The van der Waals surface area contributed by atoms with Crippen LogP contribution in [0, 0.1) is 5.92 Å². The Labute approximate surface area is 121 Å². The monoisotopic (exact) mass is 278 g/mol. The molecular formula is C17H26OS. The fraction of sp³-hybridized carbons (Fsp3) is 0.647. The topological polar surface area (TPSA) is 20.2 Å². The minimum absolute atomic E-state index is 0.141. The van der Waals surface area contributed by atoms with Crippen LogP contribution in [-0.2, 0) is 0 Å². The van der Waals surface area contributed by atoms with Crippen molar-refractivity contribution in [3.63, 3.8) is 0 Å². The van der Waals surface area contributed by atoms with E-state index in [0.29, 0.717) is 5.92 Å². The van der Waals surface area contributed by atoms with Crippen LogP contribution in [0.25, 0.3) is 0 Å². The third kappa shape index (κ3) is 4.85. The molecule has 1 N–H and O–H groups in total. The molecule has 0 bridgehead atoms. The Bertz CT molecular complexity index is 365. The predicted octanol–water partition coefficient (Wildman–Crippen LogP) is 4.84. The lowest BCUT2D eigenvalue weighted by Gasteiger charge is -2.15. The van der Waals surface area contributed by atoms with Gasteiger partial charge in [0.25, 0.3) is 0 Å². The van der Waals surface area contributed by atoms with Crippen LogP contribution in [0.1, 0.15) is 57.4 Å². The highest BCUT2D eigenvalue weighted by Crippen LogP contribution is 2.30. The maximum absolute atomic E-state index is 10.1. The number of thioether (sulfide) groups is 1. The van der Waals surface area contributed by atoms with Gasteiger partial charge in [-0.1, -0.05) is 51.7 Å². The fourth-order valence-corrected chi connectivity index (χ4v) is 3.69. The van der Waals surface area contributed by atoms with E-state index in [4.69, 9.17) is 0 Å². The minimum atomic E-state index is -0.141. The van der Waals surface area contributed by atoms with Crippen molar-refractivity contribution in [2.45, 2.75) is 62.9 Å². The van der Waals surface area contributed by atoms with Gasteiger partial charge in [0, 0.05) is 10.6 Å². The van der Waals surface area contributed by atoms with Gasteiger partial charge >= 0.3 is 0 Å². The van der Waals surface area contributed by atoms with Gasteiger partial charge in [-0.2, -0.15) is 0 Å². The molecule has 0 spiro atoms. The van der Waals surface area contributed by atoms with E-state index in [1.54, 1.807) is 11.8 Å². The lowest BCUT2D eigenvalue weighted by atomic mass is 10.0. The van der Waals surface area contributed by atoms with Crippen molar-refractivity contribution in [3.8, 4) is 0 Å².